The third-order valence-corrected chi connectivity index (χ3v) is 3.11. The van der Waals surface area contributed by atoms with E-state index < -0.39 is 0 Å². The number of carbonyl (C=O) groups is 1. The predicted octanol–water partition coefficient (Wildman–Crippen LogP) is 0.637. The smallest absolute Gasteiger partial charge is 0.246 e. The van der Waals surface area contributed by atoms with Gasteiger partial charge in [-0.3, -0.25) is 9.78 Å². The van der Waals surface area contributed by atoms with E-state index >= 15 is 0 Å². The van der Waals surface area contributed by atoms with Crippen molar-refractivity contribution in [2.45, 2.75) is 25.5 Å². The summed E-state index contributed by atoms with van der Waals surface area (Å²) in [6.07, 6.45) is 3.47. The molecule has 1 aromatic rings. The van der Waals surface area contributed by atoms with Gasteiger partial charge < -0.3 is 15.4 Å². The second-order valence-corrected chi connectivity index (χ2v) is 4.92. The molecule has 1 aliphatic rings. The van der Waals surface area contributed by atoms with Gasteiger partial charge in [-0.2, -0.15) is 0 Å². The Bertz CT molecular complexity index is 404. The van der Waals surface area contributed by atoms with Gasteiger partial charge in [-0.15, -0.1) is 0 Å². The highest BCUT2D eigenvalue weighted by Crippen LogP contribution is 2.15. The molecule has 1 unspecified atom stereocenters. The van der Waals surface area contributed by atoms with Gasteiger partial charge in [-0.25, -0.2) is 0 Å². The molecule has 0 radical (unpaired) electrons. The van der Waals surface area contributed by atoms with Crippen molar-refractivity contribution in [3.63, 3.8) is 0 Å². The number of amides is 1. The van der Waals surface area contributed by atoms with Gasteiger partial charge in [0, 0.05) is 25.5 Å². The van der Waals surface area contributed by atoms with Crippen molar-refractivity contribution in [1.82, 2.24) is 15.6 Å². The molecule has 1 amide bonds. The van der Waals surface area contributed by atoms with E-state index in [0.717, 1.165) is 18.7 Å². The van der Waals surface area contributed by atoms with Crippen molar-refractivity contribution in [3.8, 4) is 0 Å². The standard InChI is InChI=1S/C13H19N3O2/c1-10(11-4-3-5-14-6-11)16-12(17)7-18-13(2)8-15-9-13/h3-6,10,15H,7-9H2,1-2H3,(H,16,17). The second kappa shape index (κ2) is 5.46. The normalized spacial score (nSPS) is 18.8. The summed E-state index contributed by atoms with van der Waals surface area (Å²) in [5.41, 5.74) is 0.803. The maximum Gasteiger partial charge on any atom is 0.246 e. The molecule has 18 heavy (non-hydrogen) atoms. The molecular formula is C13H19N3O2. The molecule has 2 heterocycles. The average Bonchev–Trinajstić information content (AvgIpc) is 2.35. The summed E-state index contributed by atoms with van der Waals surface area (Å²) in [5.74, 6) is -0.0977. The van der Waals surface area contributed by atoms with Crippen molar-refractivity contribution in [1.29, 1.82) is 0 Å². The van der Waals surface area contributed by atoms with Crippen LogP contribution in [0.25, 0.3) is 0 Å². The first-order valence-electron chi connectivity index (χ1n) is 6.13. The van der Waals surface area contributed by atoms with Gasteiger partial charge in [0.05, 0.1) is 11.6 Å². The summed E-state index contributed by atoms with van der Waals surface area (Å²) in [4.78, 5) is 15.8. The van der Waals surface area contributed by atoms with Crippen LogP contribution >= 0.6 is 0 Å². The van der Waals surface area contributed by atoms with E-state index in [2.05, 4.69) is 15.6 Å². The van der Waals surface area contributed by atoms with E-state index in [1.165, 1.54) is 0 Å². The van der Waals surface area contributed by atoms with Crippen LogP contribution in [-0.2, 0) is 9.53 Å². The third kappa shape index (κ3) is 3.27. The Morgan fingerprint density at radius 2 is 2.44 bits per heavy atom. The summed E-state index contributed by atoms with van der Waals surface area (Å²) < 4.78 is 5.57. The van der Waals surface area contributed by atoms with Crippen LogP contribution in [0.1, 0.15) is 25.5 Å². The van der Waals surface area contributed by atoms with Gasteiger partial charge in [-0.05, 0) is 25.5 Å². The number of aromatic nitrogens is 1. The van der Waals surface area contributed by atoms with Crippen LogP contribution in [0.2, 0.25) is 0 Å². The van der Waals surface area contributed by atoms with Gasteiger partial charge in [0.2, 0.25) is 5.91 Å². The molecule has 1 atom stereocenters. The average molecular weight is 249 g/mol. The molecule has 0 saturated carbocycles. The molecule has 1 aliphatic heterocycles. The second-order valence-electron chi connectivity index (χ2n) is 4.92. The summed E-state index contributed by atoms with van der Waals surface area (Å²) in [6, 6.07) is 3.74. The highest BCUT2D eigenvalue weighted by molar-refractivity contribution is 5.77. The first kappa shape index (κ1) is 13.0. The first-order chi connectivity index (χ1) is 8.59. The molecule has 2 rings (SSSR count). The number of hydrogen-bond donors (Lipinski definition) is 2. The Hall–Kier alpha value is -1.46. The number of hydrogen-bond acceptors (Lipinski definition) is 4. The molecule has 0 aromatic carbocycles. The van der Waals surface area contributed by atoms with Gasteiger partial charge in [0.15, 0.2) is 0 Å². The maximum absolute atomic E-state index is 11.7. The van der Waals surface area contributed by atoms with E-state index in [1.807, 2.05) is 26.0 Å². The topological polar surface area (TPSA) is 63.2 Å². The van der Waals surface area contributed by atoms with Crippen molar-refractivity contribution in [2.75, 3.05) is 19.7 Å². The molecule has 1 saturated heterocycles. The van der Waals surface area contributed by atoms with E-state index in [-0.39, 0.29) is 24.2 Å². The Kier molecular flexibility index (Phi) is 3.93. The Labute approximate surface area is 107 Å². The minimum Gasteiger partial charge on any atom is -0.363 e. The maximum atomic E-state index is 11.7. The fourth-order valence-corrected chi connectivity index (χ4v) is 1.82. The van der Waals surface area contributed by atoms with Gasteiger partial charge in [-0.1, -0.05) is 6.07 Å². The van der Waals surface area contributed by atoms with Crippen LogP contribution in [0.5, 0.6) is 0 Å². The number of nitrogens with zero attached hydrogens (tertiary/aromatic N) is 1. The van der Waals surface area contributed by atoms with E-state index in [1.54, 1.807) is 12.4 Å². The van der Waals surface area contributed by atoms with Crippen LogP contribution < -0.4 is 10.6 Å². The SMILES string of the molecule is CC(NC(=O)COC1(C)CNC1)c1cccnc1. The summed E-state index contributed by atoms with van der Waals surface area (Å²) in [7, 11) is 0. The molecule has 1 fully saturated rings. The van der Waals surface area contributed by atoms with E-state index in [9.17, 15) is 4.79 Å². The molecule has 0 bridgehead atoms. The number of carbonyl (C=O) groups excluding carboxylic acids is 1. The zero-order valence-corrected chi connectivity index (χ0v) is 10.8. The van der Waals surface area contributed by atoms with Crippen molar-refractivity contribution in [3.05, 3.63) is 30.1 Å². The molecular weight excluding hydrogens is 230 g/mol. The van der Waals surface area contributed by atoms with Gasteiger partial charge >= 0.3 is 0 Å². The lowest BCUT2D eigenvalue weighted by molar-refractivity contribution is -0.136. The lowest BCUT2D eigenvalue weighted by atomic mass is 10.0. The fraction of sp³-hybridized carbons (Fsp3) is 0.538. The monoisotopic (exact) mass is 249 g/mol. The van der Waals surface area contributed by atoms with Crippen LogP contribution in [-0.4, -0.2) is 36.2 Å². The quantitative estimate of drug-likeness (QED) is 0.803. The summed E-state index contributed by atoms with van der Waals surface area (Å²) in [5, 5.41) is 6.02. The number of nitrogens with one attached hydrogen (secondary N) is 2. The van der Waals surface area contributed by atoms with Gasteiger partial charge in [0.25, 0.3) is 0 Å². The molecule has 0 spiro atoms. The molecule has 2 N–H and O–H groups in total. The van der Waals surface area contributed by atoms with Crippen LogP contribution in [0, 0.1) is 0 Å². The highest BCUT2D eigenvalue weighted by Gasteiger charge is 2.33. The number of pyridine rings is 1. The van der Waals surface area contributed by atoms with Crippen LogP contribution in [0.15, 0.2) is 24.5 Å². The molecule has 98 valence electrons. The zero-order valence-electron chi connectivity index (χ0n) is 10.8. The zero-order chi connectivity index (χ0) is 13.0. The summed E-state index contributed by atoms with van der Waals surface area (Å²) >= 11 is 0. The first-order valence-corrected chi connectivity index (χ1v) is 6.13. The number of rotatable bonds is 5. The molecule has 0 aliphatic carbocycles. The Balaban J connectivity index is 1.77. The molecule has 5 nitrogen and oxygen atoms in total. The third-order valence-electron chi connectivity index (χ3n) is 3.11. The largest absolute Gasteiger partial charge is 0.363 e. The Morgan fingerprint density at radius 1 is 1.67 bits per heavy atom. The Morgan fingerprint density at radius 3 is 3.00 bits per heavy atom. The van der Waals surface area contributed by atoms with Crippen LogP contribution in [0.4, 0.5) is 0 Å². The lowest BCUT2D eigenvalue weighted by Crippen LogP contribution is -2.59. The summed E-state index contributed by atoms with van der Waals surface area (Å²) in [6.45, 7) is 5.64. The van der Waals surface area contributed by atoms with Crippen molar-refractivity contribution < 1.29 is 9.53 Å². The van der Waals surface area contributed by atoms with Gasteiger partial charge in [0.1, 0.15) is 6.61 Å². The van der Waals surface area contributed by atoms with E-state index in [4.69, 9.17) is 4.74 Å². The van der Waals surface area contributed by atoms with Crippen LogP contribution in [0.3, 0.4) is 0 Å². The molecule has 1 aromatic heterocycles. The number of ether oxygens (including phenoxy) is 1. The molecule has 5 heteroatoms. The highest BCUT2D eigenvalue weighted by atomic mass is 16.5. The minimum atomic E-state index is -0.186. The fourth-order valence-electron chi connectivity index (χ4n) is 1.82. The lowest BCUT2D eigenvalue weighted by Gasteiger charge is -2.38. The predicted molar refractivity (Wildman–Crippen MR) is 68.0 cm³/mol. The minimum absolute atomic E-state index is 0.0536. The van der Waals surface area contributed by atoms with Crippen molar-refractivity contribution >= 4 is 5.91 Å². The van der Waals surface area contributed by atoms with E-state index in [0.29, 0.717) is 0 Å². The van der Waals surface area contributed by atoms with Crippen molar-refractivity contribution in [2.24, 2.45) is 0 Å².